The van der Waals surface area contributed by atoms with Crippen molar-refractivity contribution in [2.75, 3.05) is 11.9 Å². The number of nitro groups is 1. The van der Waals surface area contributed by atoms with E-state index in [4.69, 9.17) is 5.73 Å². The quantitative estimate of drug-likeness (QED) is 0.552. The van der Waals surface area contributed by atoms with E-state index in [0.717, 1.165) is 0 Å². The average Bonchev–Trinajstić information content (AvgIpc) is 2.54. The van der Waals surface area contributed by atoms with Gasteiger partial charge >= 0.3 is 5.69 Å². The minimum Gasteiger partial charge on any atom is -0.370 e. The summed E-state index contributed by atoms with van der Waals surface area (Å²) in [6.45, 7) is 4.16. The Kier molecular flexibility index (Phi) is 4.02. The van der Waals surface area contributed by atoms with Crippen LogP contribution in [0, 0.1) is 17.0 Å². The number of hydrogen-bond acceptors (Lipinski definition) is 5. The third kappa shape index (κ3) is 2.92. The van der Waals surface area contributed by atoms with E-state index in [1.165, 1.54) is 4.68 Å². The number of nitrogens with zero attached hydrogens (tertiary/aromatic N) is 3. The second-order valence-electron chi connectivity index (χ2n) is 3.50. The van der Waals surface area contributed by atoms with Crippen LogP contribution in [0.1, 0.15) is 19.0 Å². The van der Waals surface area contributed by atoms with Gasteiger partial charge in [-0.2, -0.15) is 5.10 Å². The molecule has 0 aliphatic carbocycles. The van der Waals surface area contributed by atoms with Gasteiger partial charge in [0.05, 0.1) is 4.92 Å². The highest BCUT2D eigenvalue weighted by Gasteiger charge is 2.24. The summed E-state index contributed by atoms with van der Waals surface area (Å²) in [5.74, 6) is -0.143. The van der Waals surface area contributed by atoms with Crippen molar-refractivity contribution in [1.29, 1.82) is 0 Å². The van der Waals surface area contributed by atoms with E-state index < -0.39 is 10.8 Å². The summed E-state index contributed by atoms with van der Waals surface area (Å²) < 4.78 is 1.49. The molecule has 0 radical (unpaired) electrons. The maximum atomic E-state index is 10.9. The molecule has 0 aliphatic heterocycles. The van der Waals surface area contributed by atoms with Crippen LogP contribution >= 0.6 is 0 Å². The van der Waals surface area contributed by atoms with Crippen molar-refractivity contribution in [3.8, 4) is 0 Å². The molecule has 1 amide bonds. The van der Waals surface area contributed by atoms with Gasteiger partial charge in [-0.1, -0.05) is 0 Å². The van der Waals surface area contributed by atoms with Crippen molar-refractivity contribution in [3.05, 3.63) is 15.8 Å². The van der Waals surface area contributed by atoms with Crippen LogP contribution in [0.25, 0.3) is 0 Å². The van der Waals surface area contributed by atoms with Gasteiger partial charge in [-0.15, -0.1) is 0 Å². The fourth-order valence-corrected chi connectivity index (χ4v) is 1.50. The minimum atomic E-state index is -0.485. The second kappa shape index (κ2) is 5.28. The molecular weight excluding hydrogens is 226 g/mol. The zero-order valence-corrected chi connectivity index (χ0v) is 9.77. The Morgan fingerprint density at radius 1 is 1.65 bits per heavy atom. The maximum absolute atomic E-state index is 10.9. The number of rotatable bonds is 6. The number of anilines is 1. The van der Waals surface area contributed by atoms with Gasteiger partial charge in [0.25, 0.3) is 0 Å². The molecule has 0 saturated heterocycles. The van der Waals surface area contributed by atoms with E-state index in [1.807, 2.05) is 6.92 Å². The zero-order chi connectivity index (χ0) is 13.0. The van der Waals surface area contributed by atoms with Crippen LogP contribution in [0.5, 0.6) is 0 Å². The molecule has 1 aromatic rings. The van der Waals surface area contributed by atoms with Gasteiger partial charge in [0.15, 0.2) is 0 Å². The Labute approximate surface area is 97.9 Å². The van der Waals surface area contributed by atoms with Crippen LogP contribution < -0.4 is 11.1 Å². The van der Waals surface area contributed by atoms with E-state index in [-0.39, 0.29) is 18.7 Å². The molecule has 3 N–H and O–H groups in total. The fourth-order valence-electron chi connectivity index (χ4n) is 1.50. The number of nitrogens with two attached hydrogens (primary N) is 1. The molecule has 1 heterocycles. The van der Waals surface area contributed by atoms with Gasteiger partial charge < -0.3 is 11.1 Å². The number of nitrogens with one attached hydrogen (secondary N) is 1. The summed E-state index contributed by atoms with van der Waals surface area (Å²) >= 11 is 0. The highest BCUT2D eigenvalue weighted by Crippen LogP contribution is 2.27. The first kappa shape index (κ1) is 12.9. The summed E-state index contributed by atoms with van der Waals surface area (Å²) in [4.78, 5) is 21.0. The number of carbonyl (C=O) groups is 1. The highest BCUT2D eigenvalue weighted by atomic mass is 16.6. The van der Waals surface area contributed by atoms with E-state index in [1.54, 1.807) is 6.92 Å². The Balaban J connectivity index is 2.94. The number of amides is 1. The van der Waals surface area contributed by atoms with Crippen LogP contribution in [-0.2, 0) is 11.3 Å². The number of carbonyl (C=O) groups excluding carboxylic acids is 1. The molecule has 1 rings (SSSR count). The van der Waals surface area contributed by atoms with Crippen LogP contribution in [-0.4, -0.2) is 27.2 Å². The third-order valence-electron chi connectivity index (χ3n) is 2.24. The molecule has 8 nitrogen and oxygen atoms in total. The van der Waals surface area contributed by atoms with E-state index in [0.29, 0.717) is 18.1 Å². The molecule has 0 fully saturated rings. The molecule has 0 atom stereocenters. The predicted molar refractivity (Wildman–Crippen MR) is 61.6 cm³/mol. The van der Waals surface area contributed by atoms with Gasteiger partial charge in [-0.25, -0.2) is 4.68 Å². The summed E-state index contributed by atoms with van der Waals surface area (Å²) in [6.07, 6.45) is 0.116. The van der Waals surface area contributed by atoms with Gasteiger partial charge in [0.2, 0.25) is 11.7 Å². The molecule has 1 aromatic heterocycles. The van der Waals surface area contributed by atoms with E-state index >= 15 is 0 Å². The van der Waals surface area contributed by atoms with Crippen molar-refractivity contribution >= 4 is 17.4 Å². The molecule has 0 spiro atoms. The average molecular weight is 241 g/mol. The van der Waals surface area contributed by atoms with Gasteiger partial charge in [0, 0.05) is 19.5 Å². The zero-order valence-electron chi connectivity index (χ0n) is 9.77. The lowest BCUT2D eigenvalue weighted by atomic mass is 10.3. The summed E-state index contributed by atoms with van der Waals surface area (Å²) in [7, 11) is 0. The maximum Gasteiger partial charge on any atom is 0.333 e. The van der Waals surface area contributed by atoms with Crippen LogP contribution in [0.2, 0.25) is 0 Å². The number of hydrogen-bond donors (Lipinski definition) is 2. The van der Waals surface area contributed by atoms with Crippen LogP contribution in [0.3, 0.4) is 0 Å². The first-order valence-corrected chi connectivity index (χ1v) is 5.21. The first-order chi connectivity index (χ1) is 7.97. The van der Waals surface area contributed by atoms with Crippen molar-refractivity contribution < 1.29 is 9.72 Å². The van der Waals surface area contributed by atoms with Crippen LogP contribution in [0.4, 0.5) is 11.5 Å². The lowest BCUT2D eigenvalue weighted by molar-refractivity contribution is -0.384. The second-order valence-corrected chi connectivity index (χ2v) is 3.50. The third-order valence-corrected chi connectivity index (χ3v) is 2.24. The normalized spacial score (nSPS) is 10.2. The summed E-state index contributed by atoms with van der Waals surface area (Å²) in [6, 6.07) is 0. The topological polar surface area (TPSA) is 116 Å². The first-order valence-electron chi connectivity index (χ1n) is 5.21. The van der Waals surface area contributed by atoms with Crippen LogP contribution in [0.15, 0.2) is 0 Å². The predicted octanol–water partition coefficient (Wildman–Crippen LogP) is 0.407. The molecule has 94 valence electrons. The van der Waals surface area contributed by atoms with Crippen molar-refractivity contribution in [2.24, 2.45) is 5.73 Å². The van der Waals surface area contributed by atoms with E-state index in [9.17, 15) is 14.9 Å². The lowest BCUT2D eigenvalue weighted by Gasteiger charge is -2.06. The molecule has 8 heteroatoms. The number of primary amides is 1. The molecule has 0 saturated carbocycles. The minimum absolute atomic E-state index is 0.0590. The number of aryl methyl sites for hydroxylation is 2. The molecule has 0 aliphatic rings. The van der Waals surface area contributed by atoms with Gasteiger partial charge in [-0.3, -0.25) is 14.9 Å². The molecule has 0 aromatic carbocycles. The van der Waals surface area contributed by atoms with Gasteiger partial charge in [0.1, 0.15) is 5.69 Å². The molecule has 17 heavy (non-hydrogen) atoms. The largest absolute Gasteiger partial charge is 0.370 e. The van der Waals surface area contributed by atoms with Crippen molar-refractivity contribution in [1.82, 2.24) is 9.78 Å². The highest BCUT2D eigenvalue weighted by molar-refractivity contribution is 5.74. The Morgan fingerprint density at radius 3 is 2.76 bits per heavy atom. The fraction of sp³-hybridized carbons (Fsp3) is 0.556. The number of aromatic nitrogens is 2. The van der Waals surface area contributed by atoms with Crippen molar-refractivity contribution in [3.63, 3.8) is 0 Å². The molecule has 0 unspecified atom stereocenters. The molecule has 0 bridgehead atoms. The smallest absolute Gasteiger partial charge is 0.333 e. The van der Waals surface area contributed by atoms with Crippen molar-refractivity contribution in [2.45, 2.75) is 26.8 Å². The lowest BCUT2D eigenvalue weighted by Crippen LogP contribution is -2.17. The summed E-state index contributed by atoms with van der Waals surface area (Å²) in [5.41, 5.74) is 5.28. The Hall–Kier alpha value is -2.12. The standard InChI is InChI=1S/C9H15N5O3/c1-3-13-9(11-5-4-7(10)15)8(14(16)17)6(2)12-13/h11H,3-5H2,1-2H3,(H2,10,15). The van der Waals surface area contributed by atoms with Gasteiger partial charge in [-0.05, 0) is 13.8 Å². The summed E-state index contributed by atoms with van der Waals surface area (Å²) in [5, 5.41) is 17.8. The van der Waals surface area contributed by atoms with E-state index in [2.05, 4.69) is 10.4 Å². The Bertz CT molecular complexity index is 440. The monoisotopic (exact) mass is 241 g/mol. The SMILES string of the molecule is CCn1nc(C)c([N+](=O)[O-])c1NCCC(N)=O. The molecular formula is C9H15N5O3. The Morgan fingerprint density at radius 2 is 2.29 bits per heavy atom.